The van der Waals surface area contributed by atoms with Gasteiger partial charge in [-0.05, 0) is 24.5 Å². The summed E-state index contributed by atoms with van der Waals surface area (Å²) in [6, 6.07) is 9.21. The number of hydrogen-bond donors (Lipinski definition) is 3. The Hall–Kier alpha value is -2.04. The number of hydrogen-bond acceptors (Lipinski definition) is 2. The molecule has 1 aromatic carbocycles. The van der Waals surface area contributed by atoms with E-state index in [-0.39, 0.29) is 5.91 Å². The van der Waals surface area contributed by atoms with Gasteiger partial charge in [-0.15, -0.1) is 0 Å². The number of rotatable bonds is 7. The molecule has 0 heterocycles. The van der Waals surface area contributed by atoms with Crippen LogP contribution in [0.5, 0.6) is 0 Å². The molecule has 0 aliphatic carbocycles. The van der Waals surface area contributed by atoms with Gasteiger partial charge in [0.15, 0.2) is 5.96 Å². The fourth-order valence-electron chi connectivity index (χ4n) is 1.75. The molecule has 0 aromatic heterocycles. The quantitative estimate of drug-likeness (QED) is 0.406. The highest BCUT2D eigenvalue weighted by Crippen LogP contribution is 1.97. The third-order valence-corrected chi connectivity index (χ3v) is 2.98. The summed E-state index contributed by atoms with van der Waals surface area (Å²) in [5, 5.41) is 9.29. The van der Waals surface area contributed by atoms with Crippen molar-refractivity contribution in [3.8, 4) is 0 Å². The van der Waals surface area contributed by atoms with Crippen LogP contribution in [0.1, 0.15) is 30.6 Å². The molecule has 0 radical (unpaired) electrons. The molecule has 0 spiro atoms. The molecule has 116 valence electrons. The molecule has 5 nitrogen and oxygen atoms in total. The van der Waals surface area contributed by atoms with Gasteiger partial charge >= 0.3 is 0 Å². The number of benzene rings is 1. The monoisotopic (exact) mass is 290 g/mol. The smallest absolute Gasteiger partial charge is 0.251 e. The molecular weight excluding hydrogens is 264 g/mol. The second-order valence-corrected chi connectivity index (χ2v) is 5.23. The summed E-state index contributed by atoms with van der Waals surface area (Å²) < 4.78 is 0. The van der Waals surface area contributed by atoms with Crippen molar-refractivity contribution in [3.05, 3.63) is 35.9 Å². The molecule has 1 aromatic rings. The standard InChI is InChI=1S/C16H26N4O/c1-13(2)9-10-19-16(17-3)20-12-11-18-15(21)14-7-5-4-6-8-14/h4-8,13H,9-12H2,1-3H3,(H,18,21)(H2,17,19,20). The SMILES string of the molecule is CN=C(NCCNC(=O)c1ccccc1)NCCC(C)C. The lowest BCUT2D eigenvalue weighted by molar-refractivity contribution is 0.0954. The predicted molar refractivity (Wildman–Crippen MR) is 87.6 cm³/mol. The number of carbonyl (C=O) groups excluding carboxylic acids is 1. The first-order chi connectivity index (χ1) is 10.1. The fraction of sp³-hybridized carbons (Fsp3) is 0.500. The van der Waals surface area contributed by atoms with Crippen LogP contribution in [0.4, 0.5) is 0 Å². The molecule has 0 unspecified atom stereocenters. The Morgan fingerprint density at radius 1 is 1.05 bits per heavy atom. The lowest BCUT2D eigenvalue weighted by atomic mass is 10.1. The van der Waals surface area contributed by atoms with E-state index in [0.29, 0.717) is 24.6 Å². The molecule has 1 amide bonds. The van der Waals surface area contributed by atoms with Gasteiger partial charge in [-0.3, -0.25) is 9.79 Å². The Morgan fingerprint density at radius 2 is 1.67 bits per heavy atom. The van der Waals surface area contributed by atoms with Crippen molar-refractivity contribution in [1.29, 1.82) is 0 Å². The number of guanidine groups is 1. The minimum absolute atomic E-state index is 0.0554. The molecule has 21 heavy (non-hydrogen) atoms. The lowest BCUT2D eigenvalue weighted by Crippen LogP contribution is -2.42. The summed E-state index contributed by atoms with van der Waals surface area (Å²) in [5.74, 6) is 1.38. The number of carbonyl (C=O) groups is 1. The second-order valence-electron chi connectivity index (χ2n) is 5.23. The summed E-state index contributed by atoms with van der Waals surface area (Å²) in [6.07, 6.45) is 1.10. The predicted octanol–water partition coefficient (Wildman–Crippen LogP) is 1.63. The topological polar surface area (TPSA) is 65.5 Å². The Balaban J connectivity index is 2.19. The van der Waals surface area contributed by atoms with E-state index in [4.69, 9.17) is 0 Å². The largest absolute Gasteiger partial charge is 0.356 e. The van der Waals surface area contributed by atoms with Crippen LogP contribution in [0.3, 0.4) is 0 Å². The minimum Gasteiger partial charge on any atom is -0.356 e. The van der Waals surface area contributed by atoms with E-state index in [9.17, 15) is 4.79 Å². The number of amides is 1. The lowest BCUT2D eigenvalue weighted by Gasteiger charge is -2.13. The van der Waals surface area contributed by atoms with Gasteiger partial charge in [0.1, 0.15) is 0 Å². The Labute approximate surface area is 127 Å². The fourth-order valence-corrected chi connectivity index (χ4v) is 1.75. The van der Waals surface area contributed by atoms with Crippen LogP contribution in [0.2, 0.25) is 0 Å². The van der Waals surface area contributed by atoms with Crippen LogP contribution in [-0.2, 0) is 0 Å². The zero-order chi connectivity index (χ0) is 15.5. The minimum atomic E-state index is -0.0554. The molecule has 5 heteroatoms. The molecule has 0 saturated carbocycles. The van der Waals surface area contributed by atoms with E-state index in [1.165, 1.54) is 0 Å². The summed E-state index contributed by atoms with van der Waals surface area (Å²) in [5.41, 5.74) is 0.678. The normalized spacial score (nSPS) is 11.3. The highest BCUT2D eigenvalue weighted by Gasteiger charge is 2.03. The van der Waals surface area contributed by atoms with Crippen molar-refractivity contribution in [2.45, 2.75) is 20.3 Å². The summed E-state index contributed by atoms with van der Waals surface area (Å²) in [6.45, 7) is 6.47. The van der Waals surface area contributed by atoms with E-state index in [2.05, 4.69) is 34.8 Å². The molecule has 0 aliphatic rings. The zero-order valence-corrected chi connectivity index (χ0v) is 13.1. The average Bonchev–Trinajstić information content (AvgIpc) is 2.50. The van der Waals surface area contributed by atoms with E-state index in [1.807, 2.05) is 18.2 Å². The third-order valence-electron chi connectivity index (χ3n) is 2.98. The van der Waals surface area contributed by atoms with Crippen molar-refractivity contribution >= 4 is 11.9 Å². The van der Waals surface area contributed by atoms with Gasteiger partial charge in [0.2, 0.25) is 0 Å². The molecule has 0 saturated heterocycles. The van der Waals surface area contributed by atoms with Crippen LogP contribution in [0, 0.1) is 5.92 Å². The van der Waals surface area contributed by atoms with Gasteiger partial charge in [0, 0.05) is 32.2 Å². The van der Waals surface area contributed by atoms with E-state index in [0.717, 1.165) is 18.9 Å². The highest BCUT2D eigenvalue weighted by molar-refractivity contribution is 5.94. The maximum absolute atomic E-state index is 11.8. The molecular formula is C16H26N4O. The highest BCUT2D eigenvalue weighted by atomic mass is 16.1. The van der Waals surface area contributed by atoms with Crippen molar-refractivity contribution in [3.63, 3.8) is 0 Å². The number of nitrogens with one attached hydrogen (secondary N) is 3. The van der Waals surface area contributed by atoms with E-state index >= 15 is 0 Å². The van der Waals surface area contributed by atoms with Gasteiger partial charge in [0.05, 0.1) is 0 Å². The van der Waals surface area contributed by atoms with Crippen molar-refractivity contribution in [2.75, 3.05) is 26.7 Å². The first-order valence-electron chi connectivity index (χ1n) is 7.41. The Bertz CT molecular complexity index is 443. The van der Waals surface area contributed by atoms with Gasteiger partial charge in [0.25, 0.3) is 5.91 Å². The van der Waals surface area contributed by atoms with Gasteiger partial charge in [-0.2, -0.15) is 0 Å². The first kappa shape index (κ1) is 17.0. The maximum atomic E-state index is 11.8. The van der Waals surface area contributed by atoms with Gasteiger partial charge in [-0.1, -0.05) is 32.0 Å². The van der Waals surface area contributed by atoms with Crippen LogP contribution < -0.4 is 16.0 Å². The van der Waals surface area contributed by atoms with Gasteiger partial charge < -0.3 is 16.0 Å². The molecule has 0 aliphatic heterocycles. The first-order valence-corrected chi connectivity index (χ1v) is 7.41. The second kappa shape index (κ2) is 9.80. The summed E-state index contributed by atoms with van der Waals surface area (Å²) in [7, 11) is 1.74. The van der Waals surface area contributed by atoms with Crippen LogP contribution in [-0.4, -0.2) is 38.5 Å². The van der Waals surface area contributed by atoms with Crippen LogP contribution in [0.15, 0.2) is 35.3 Å². The zero-order valence-electron chi connectivity index (χ0n) is 13.1. The number of aliphatic imine (C=N–C) groups is 1. The Kier molecular flexibility index (Phi) is 7.94. The van der Waals surface area contributed by atoms with Crippen molar-refractivity contribution in [2.24, 2.45) is 10.9 Å². The van der Waals surface area contributed by atoms with Crippen LogP contribution in [0.25, 0.3) is 0 Å². The third kappa shape index (κ3) is 7.34. The average molecular weight is 290 g/mol. The molecule has 3 N–H and O–H groups in total. The molecule has 0 fully saturated rings. The molecule has 1 rings (SSSR count). The Morgan fingerprint density at radius 3 is 2.29 bits per heavy atom. The van der Waals surface area contributed by atoms with Crippen molar-refractivity contribution < 1.29 is 4.79 Å². The summed E-state index contributed by atoms with van der Waals surface area (Å²) in [4.78, 5) is 16.0. The van der Waals surface area contributed by atoms with E-state index < -0.39 is 0 Å². The summed E-state index contributed by atoms with van der Waals surface area (Å²) >= 11 is 0. The van der Waals surface area contributed by atoms with Gasteiger partial charge in [-0.25, -0.2) is 0 Å². The maximum Gasteiger partial charge on any atom is 0.251 e. The molecule has 0 bridgehead atoms. The molecule has 0 atom stereocenters. The van der Waals surface area contributed by atoms with Crippen molar-refractivity contribution in [1.82, 2.24) is 16.0 Å². The number of nitrogens with zero attached hydrogens (tertiary/aromatic N) is 1. The van der Waals surface area contributed by atoms with Crippen LogP contribution >= 0.6 is 0 Å². The van der Waals surface area contributed by atoms with E-state index in [1.54, 1.807) is 19.2 Å².